The number of carbonyl (C=O) groups is 1. The normalized spacial score (nSPS) is 14.1. The maximum Gasteiger partial charge on any atom is 0.307 e. The van der Waals surface area contributed by atoms with Crippen LogP contribution in [0.4, 0.5) is 0 Å². The van der Waals surface area contributed by atoms with Gasteiger partial charge in [0.1, 0.15) is 0 Å². The van der Waals surface area contributed by atoms with E-state index >= 15 is 0 Å². The lowest BCUT2D eigenvalue weighted by Crippen LogP contribution is -2.14. The molecule has 1 aromatic carbocycles. The lowest BCUT2D eigenvalue weighted by atomic mass is 10.1. The summed E-state index contributed by atoms with van der Waals surface area (Å²) in [5.41, 5.74) is 0.663. The summed E-state index contributed by atoms with van der Waals surface area (Å²) in [6, 6.07) is 8.78. The van der Waals surface area contributed by atoms with E-state index in [1.807, 2.05) is 6.07 Å². The smallest absolute Gasteiger partial charge is 0.307 e. The number of benzene rings is 1. The highest BCUT2D eigenvalue weighted by Crippen LogP contribution is 2.22. The molecule has 0 aliphatic carbocycles. The van der Waals surface area contributed by atoms with Crippen LogP contribution in [-0.2, 0) is 20.6 Å². The van der Waals surface area contributed by atoms with Crippen molar-refractivity contribution in [1.82, 2.24) is 0 Å². The minimum atomic E-state index is -2.08. The van der Waals surface area contributed by atoms with E-state index in [9.17, 15) is 9.00 Å². The first-order chi connectivity index (χ1) is 7.65. The molecule has 5 heteroatoms. The highest BCUT2D eigenvalue weighted by atomic mass is 32.2. The third kappa shape index (κ3) is 3.75. The Morgan fingerprint density at radius 3 is 2.56 bits per heavy atom. The molecule has 0 aliphatic rings. The van der Waals surface area contributed by atoms with Gasteiger partial charge >= 0.3 is 5.97 Å². The number of carbonyl (C=O) groups excluding carboxylic acids is 1. The third-order valence-corrected chi connectivity index (χ3v) is 3.00. The molecule has 1 rings (SSSR count). The summed E-state index contributed by atoms with van der Waals surface area (Å²) in [7, 11) is 0. The molecule has 88 valence electrons. The molecule has 2 unspecified atom stereocenters. The second-order valence-electron chi connectivity index (χ2n) is 3.18. The standard InChI is InChI=1S/C11H14O4S/c1-2-15-11(12)8-10(16(13)14)9-6-4-3-5-7-9/h3-7,10H,2,8H2,1H3,(H,13,14). The number of hydrogen-bond donors (Lipinski definition) is 1. The third-order valence-electron chi connectivity index (χ3n) is 2.07. The van der Waals surface area contributed by atoms with E-state index in [0.29, 0.717) is 5.56 Å². The van der Waals surface area contributed by atoms with Crippen LogP contribution < -0.4 is 0 Å². The molecule has 0 aliphatic heterocycles. The molecular weight excluding hydrogens is 228 g/mol. The molecule has 0 bridgehead atoms. The molecule has 2 atom stereocenters. The summed E-state index contributed by atoms with van der Waals surface area (Å²) < 4.78 is 25.0. The average molecular weight is 242 g/mol. The van der Waals surface area contributed by atoms with Gasteiger partial charge in [-0.15, -0.1) is 0 Å². The molecule has 0 saturated heterocycles. The Morgan fingerprint density at radius 1 is 1.44 bits per heavy atom. The zero-order valence-corrected chi connectivity index (χ0v) is 9.78. The first-order valence-electron chi connectivity index (χ1n) is 4.95. The topological polar surface area (TPSA) is 63.6 Å². The molecule has 0 amide bonds. The van der Waals surface area contributed by atoms with E-state index in [-0.39, 0.29) is 13.0 Å². The quantitative estimate of drug-likeness (QED) is 0.632. The van der Waals surface area contributed by atoms with Gasteiger partial charge in [0.25, 0.3) is 0 Å². The van der Waals surface area contributed by atoms with Crippen LogP contribution in [0.3, 0.4) is 0 Å². The van der Waals surface area contributed by atoms with Crippen molar-refractivity contribution < 1.29 is 18.3 Å². The van der Waals surface area contributed by atoms with Crippen LogP contribution in [0.1, 0.15) is 24.2 Å². The SMILES string of the molecule is CCOC(=O)CC(c1ccccc1)S(=O)O. The van der Waals surface area contributed by atoms with Crippen molar-refractivity contribution in [2.45, 2.75) is 18.6 Å². The second kappa shape index (κ2) is 6.40. The van der Waals surface area contributed by atoms with Crippen LogP contribution in [0.5, 0.6) is 0 Å². The molecule has 4 nitrogen and oxygen atoms in total. The van der Waals surface area contributed by atoms with E-state index in [1.54, 1.807) is 31.2 Å². The Bertz CT molecular complexity index is 364. The molecule has 1 aromatic rings. The van der Waals surface area contributed by atoms with E-state index in [2.05, 4.69) is 0 Å². The zero-order chi connectivity index (χ0) is 12.0. The predicted molar refractivity (Wildman–Crippen MR) is 61.2 cm³/mol. The van der Waals surface area contributed by atoms with Gasteiger partial charge in [-0.05, 0) is 12.5 Å². The van der Waals surface area contributed by atoms with Gasteiger partial charge < -0.3 is 9.29 Å². The number of esters is 1. The van der Waals surface area contributed by atoms with Crippen LogP contribution in [-0.4, -0.2) is 21.3 Å². The number of hydrogen-bond acceptors (Lipinski definition) is 3. The monoisotopic (exact) mass is 242 g/mol. The van der Waals surface area contributed by atoms with Crippen LogP contribution in [0.25, 0.3) is 0 Å². The molecule has 0 fully saturated rings. The highest BCUT2D eigenvalue weighted by Gasteiger charge is 2.21. The number of ether oxygens (including phenoxy) is 1. The van der Waals surface area contributed by atoms with Crippen molar-refractivity contribution in [3.63, 3.8) is 0 Å². The predicted octanol–water partition coefficient (Wildman–Crippen LogP) is 1.90. The second-order valence-corrected chi connectivity index (χ2v) is 4.31. The van der Waals surface area contributed by atoms with Gasteiger partial charge in [-0.2, -0.15) is 0 Å². The van der Waals surface area contributed by atoms with Gasteiger partial charge in [0.2, 0.25) is 0 Å². The van der Waals surface area contributed by atoms with Crippen molar-refractivity contribution >= 4 is 17.0 Å². The van der Waals surface area contributed by atoms with Gasteiger partial charge in [0, 0.05) is 0 Å². The average Bonchev–Trinajstić information content (AvgIpc) is 2.27. The van der Waals surface area contributed by atoms with Gasteiger partial charge in [-0.1, -0.05) is 30.3 Å². The summed E-state index contributed by atoms with van der Waals surface area (Å²) >= 11 is -2.08. The highest BCUT2D eigenvalue weighted by molar-refractivity contribution is 7.79. The van der Waals surface area contributed by atoms with E-state index in [4.69, 9.17) is 9.29 Å². The maximum absolute atomic E-state index is 11.3. The van der Waals surface area contributed by atoms with Gasteiger partial charge in [0.05, 0.1) is 18.3 Å². The van der Waals surface area contributed by atoms with Crippen molar-refractivity contribution in [2.75, 3.05) is 6.61 Å². The summed E-state index contributed by atoms with van der Waals surface area (Å²) in [6.07, 6.45) is -0.0824. The fourth-order valence-corrected chi connectivity index (χ4v) is 2.01. The van der Waals surface area contributed by atoms with Gasteiger partial charge in [-0.25, -0.2) is 4.21 Å². The lowest BCUT2D eigenvalue weighted by molar-refractivity contribution is -0.143. The molecule has 1 N–H and O–H groups in total. The maximum atomic E-state index is 11.3. The summed E-state index contributed by atoms with van der Waals surface area (Å²) in [5.74, 6) is -0.459. The number of rotatable bonds is 5. The summed E-state index contributed by atoms with van der Waals surface area (Å²) in [5, 5.41) is -0.722. The Labute approximate surface area is 96.9 Å². The molecule has 0 spiro atoms. The van der Waals surface area contributed by atoms with Crippen molar-refractivity contribution in [1.29, 1.82) is 0 Å². The first kappa shape index (κ1) is 12.9. The molecule has 16 heavy (non-hydrogen) atoms. The van der Waals surface area contributed by atoms with Crippen LogP contribution in [0.15, 0.2) is 30.3 Å². The Morgan fingerprint density at radius 2 is 2.06 bits per heavy atom. The molecule has 0 heterocycles. The van der Waals surface area contributed by atoms with Crippen molar-refractivity contribution in [3.8, 4) is 0 Å². The minimum Gasteiger partial charge on any atom is -0.466 e. The molecule has 0 radical (unpaired) electrons. The van der Waals surface area contributed by atoms with Crippen molar-refractivity contribution in [3.05, 3.63) is 35.9 Å². The van der Waals surface area contributed by atoms with Gasteiger partial charge in [0.15, 0.2) is 11.1 Å². The molecule has 0 aromatic heterocycles. The molecule has 0 saturated carbocycles. The van der Waals surface area contributed by atoms with Crippen molar-refractivity contribution in [2.24, 2.45) is 0 Å². The Kier molecular flexibility index (Phi) is 5.14. The lowest BCUT2D eigenvalue weighted by Gasteiger charge is -2.12. The zero-order valence-electron chi connectivity index (χ0n) is 8.96. The Hall–Kier alpha value is -1.20. The van der Waals surface area contributed by atoms with Gasteiger partial charge in [-0.3, -0.25) is 4.79 Å². The van der Waals surface area contributed by atoms with Crippen LogP contribution in [0, 0.1) is 0 Å². The van der Waals surface area contributed by atoms with E-state index in [0.717, 1.165) is 0 Å². The Balaban J connectivity index is 2.77. The minimum absolute atomic E-state index is 0.0824. The summed E-state index contributed by atoms with van der Waals surface area (Å²) in [4.78, 5) is 11.3. The van der Waals surface area contributed by atoms with Crippen LogP contribution >= 0.6 is 0 Å². The largest absolute Gasteiger partial charge is 0.466 e. The molecular formula is C11H14O4S. The van der Waals surface area contributed by atoms with Crippen LogP contribution in [0.2, 0.25) is 0 Å². The van der Waals surface area contributed by atoms with E-state index < -0.39 is 22.3 Å². The fourth-order valence-electron chi connectivity index (χ4n) is 1.34. The first-order valence-corrected chi connectivity index (χ1v) is 6.12. The fraction of sp³-hybridized carbons (Fsp3) is 0.364. The van der Waals surface area contributed by atoms with E-state index in [1.165, 1.54) is 0 Å². The summed E-state index contributed by atoms with van der Waals surface area (Å²) in [6.45, 7) is 1.98.